The van der Waals surface area contributed by atoms with E-state index in [1.807, 2.05) is 6.07 Å². The first kappa shape index (κ1) is 11.7. The molecule has 0 saturated carbocycles. The van der Waals surface area contributed by atoms with Crippen molar-refractivity contribution in [1.82, 2.24) is 0 Å². The van der Waals surface area contributed by atoms with Crippen LogP contribution in [0.2, 0.25) is 0 Å². The molecule has 2 rings (SSSR count). The number of rotatable bonds is 2. The minimum Gasteiger partial charge on any atom is -0.320 e. The lowest BCUT2D eigenvalue weighted by Gasteiger charge is -2.15. The summed E-state index contributed by atoms with van der Waals surface area (Å²) in [6, 6.07) is 10.8. The van der Waals surface area contributed by atoms with Crippen molar-refractivity contribution in [2.45, 2.75) is 13.0 Å². The van der Waals surface area contributed by atoms with E-state index in [4.69, 9.17) is 5.73 Å². The molecule has 0 fully saturated rings. The highest BCUT2D eigenvalue weighted by atomic mass is 19.1. The predicted molar refractivity (Wildman–Crippen MR) is 63.6 cm³/mol. The molecule has 1 nitrogen and oxygen atoms in total. The molecule has 0 bridgehead atoms. The van der Waals surface area contributed by atoms with Gasteiger partial charge in [0.1, 0.15) is 11.6 Å². The van der Waals surface area contributed by atoms with Crippen LogP contribution in [-0.2, 0) is 0 Å². The van der Waals surface area contributed by atoms with E-state index in [0.717, 1.165) is 0 Å². The molecule has 2 aromatic rings. The van der Waals surface area contributed by atoms with Crippen molar-refractivity contribution in [2.75, 3.05) is 0 Å². The molecule has 88 valence electrons. The number of halogens is 2. The Labute approximate surface area is 98.9 Å². The Balaban J connectivity index is 2.51. The quantitative estimate of drug-likeness (QED) is 0.846. The van der Waals surface area contributed by atoms with Crippen molar-refractivity contribution in [3.8, 4) is 0 Å². The molecule has 0 saturated heterocycles. The molecule has 0 aliphatic rings. The van der Waals surface area contributed by atoms with Gasteiger partial charge in [0, 0.05) is 5.56 Å². The molecule has 1 unspecified atom stereocenters. The van der Waals surface area contributed by atoms with Gasteiger partial charge in [-0.25, -0.2) is 8.78 Å². The minimum atomic E-state index is -0.781. The van der Waals surface area contributed by atoms with Crippen molar-refractivity contribution >= 4 is 0 Å². The number of hydrogen-bond donors (Lipinski definition) is 1. The molecule has 0 amide bonds. The highest BCUT2D eigenvalue weighted by molar-refractivity contribution is 5.35. The summed E-state index contributed by atoms with van der Waals surface area (Å²) < 4.78 is 27.5. The maximum absolute atomic E-state index is 13.9. The van der Waals surface area contributed by atoms with Gasteiger partial charge in [-0.3, -0.25) is 0 Å². The monoisotopic (exact) mass is 233 g/mol. The van der Waals surface area contributed by atoms with Crippen LogP contribution in [0, 0.1) is 18.6 Å². The van der Waals surface area contributed by atoms with Gasteiger partial charge in [-0.05, 0) is 24.1 Å². The maximum atomic E-state index is 13.9. The van der Waals surface area contributed by atoms with Gasteiger partial charge in [-0.2, -0.15) is 0 Å². The molecule has 0 aromatic heterocycles. The van der Waals surface area contributed by atoms with Gasteiger partial charge in [0.05, 0.1) is 6.04 Å². The molecule has 2 N–H and O–H groups in total. The summed E-state index contributed by atoms with van der Waals surface area (Å²) in [7, 11) is 0. The Hall–Kier alpha value is -1.74. The first-order chi connectivity index (χ1) is 8.11. The van der Waals surface area contributed by atoms with Gasteiger partial charge < -0.3 is 5.73 Å². The smallest absolute Gasteiger partial charge is 0.134 e. The second-order valence-electron chi connectivity index (χ2n) is 3.98. The summed E-state index contributed by atoms with van der Waals surface area (Å²) in [6.07, 6.45) is 0. The molecular weight excluding hydrogens is 220 g/mol. The van der Waals surface area contributed by atoms with E-state index in [2.05, 4.69) is 0 Å². The molecule has 0 aliphatic carbocycles. The van der Waals surface area contributed by atoms with Crippen LogP contribution < -0.4 is 5.73 Å². The summed E-state index contributed by atoms with van der Waals surface area (Å²) in [5.41, 5.74) is 6.92. The first-order valence-electron chi connectivity index (χ1n) is 5.36. The zero-order valence-electron chi connectivity index (χ0n) is 9.45. The summed E-state index contributed by atoms with van der Waals surface area (Å²) in [4.78, 5) is 0. The van der Waals surface area contributed by atoms with Crippen molar-refractivity contribution < 1.29 is 8.78 Å². The van der Waals surface area contributed by atoms with E-state index in [-0.39, 0.29) is 5.56 Å². The molecule has 1 atom stereocenters. The third-order valence-corrected chi connectivity index (χ3v) is 2.79. The standard InChI is InChI=1S/C14H13F2N/c1-9-7-8-11(15)12(13(9)16)14(17)10-5-3-2-4-6-10/h2-8,14H,17H2,1H3. The summed E-state index contributed by atoms with van der Waals surface area (Å²) in [5, 5.41) is 0. The van der Waals surface area contributed by atoms with Crippen LogP contribution in [0.3, 0.4) is 0 Å². The fourth-order valence-electron chi connectivity index (χ4n) is 1.79. The minimum absolute atomic E-state index is 0.0730. The fraction of sp³-hybridized carbons (Fsp3) is 0.143. The van der Waals surface area contributed by atoms with E-state index in [1.54, 1.807) is 31.2 Å². The van der Waals surface area contributed by atoms with Crippen LogP contribution in [0.4, 0.5) is 8.78 Å². The number of benzene rings is 2. The number of aryl methyl sites for hydroxylation is 1. The fourth-order valence-corrected chi connectivity index (χ4v) is 1.79. The average molecular weight is 233 g/mol. The molecule has 2 aromatic carbocycles. The highest BCUT2D eigenvalue weighted by Gasteiger charge is 2.19. The second kappa shape index (κ2) is 4.63. The average Bonchev–Trinajstić information content (AvgIpc) is 2.35. The lowest BCUT2D eigenvalue weighted by molar-refractivity contribution is 0.538. The summed E-state index contributed by atoms with van der Waals surface area (Å²) >= 11 is 0. The van der Waals surface area contributed by atoms with Crippen molar-refractivity contribution in [3.05, 3.63) is 70.8 Å². The third kappa shape index (κ3) is 2.19. The lowest BCUT2D eigenvalue weighted by Crippen LogP contribution is -2.16. The molecule has 3 heteroatoms. The van der Waals surface area contributed by atoms with Crippen molar-refractivity contribution in [3.63, 3.8) is 0 Å². The second-order valence-corrected chi connectivity index (χ2v) is 3.98. The van der Waals surface area contributed by atoms with E-state index >= 15 is 0 Å². The van der Waals surface area contributed by atoms with Crippen molar-refractivity contribution in [1.29, 1.82) is 0 Å². The first-order valence-corrected chi connectivity index (χ1v) is 5.36. The zero-order valence-corrected chi connectivity index (χ0v) is 9.45. The van der Waals surface area contributed by atoms with Crippen LogP contribution in [-0.4, -0.2) is 0 Å². The molecule has 0 aliphatic heterocycles. The number of nitrogens with two attached hydrogens (primary N) is 1. The highest BCUT2D eigenvalue weighted by Crippen LogP contribution is 2.26. The Morgan fingerprint density at radius 2 is 1.65 bits per heavy atom. The van der Waals surface area contributed by atoms with Gasteiger partial charge in [0.25, 0.3) is 0 Å². The third-order valence-electron chi connectivity index (χ3n) is 2.79. The van der Waals surface area contributed by atoms with Gasteiger partial charge in [-0.15, -0.1) is 0 Å². The largest absolute Gasteiger partial charge is 0.320 e. The van der Waals surface area contributed by atoms with Gasteiger partial charge >= 0.3 is 0 Å². The van der Waals surface area contributed by atoms with Crippen LogP contribution in [0.25, 0.3) is 0 Å². The summed E-state index contributed by atoms with van der Waals surface area (Å²) in [5.74, 6) is -1.18. The molecule has 17 heavy (non-hydrogen) atoms. The Kier molecular flexibility index (Phi) is 3.20. The van der Waals surface area contributed by atoms with Gasteiger partial charge in [0.15, 0.2) is 0 Å². The van der Waals surface area contributed by atoms with E-state index < -0.39 is 17.7 Å². The Morgan fingerprint density at radius 3 is 2.29 bits per heavy atom. The Morgan fingerprint density at radius 1 is 1.00 bits per heavy atom. The van der Waals surface area contributed by atoms with Crippen LogP contribution >= 0.6 is 0 Å². The molecular formula is C14H13F2N. The van der Waals surface area contributed by atoms with Crippen LogP contribution in [0.1, 0.15) is 22.7 Å². The zero-order chi connectivity index (χ0) is 12.4. The van der Waals surface area contributed by atoms with Crippen molar-refractivity contribution in [2.24, 2.45) is 5.73 Å². The molecule has 0 radical (unpaired) electrons. The topological polar surface area (TPSA) is 26.0 Å². The van der Waals surface area contributed by atoms with Crippen LogP contribution in [0.5, 0.6) is 0 Å². The van der Waals surface area contributed by atoms with E-state index in [1.165, 1.54) is 12.1 Å². The van der Waals surface area contributed by atoms with E-state index in [9.17, 15) is 8.78 Å². The van der Waals surface area contributed by atoms with Crippen LogP contribution in [0.15, 0.2) is 42.5 Å². The Bertz CT molecular complexity index is 523. The number of hydrogen-bond acceptors (Lipinski definition) is 1. The lowest BCUT2D eigenvalue weighted by atomic mass is 9.97. The van der Waals surface area contributed by atoms with Gasteiger partial charge in [0.2, 0.25) is 0 Å². The summed E-state index contributed by atoms with van der Waals surface area (Å²) in [6.45, 7) is 1.59. The SMILES string of the molecule is Cc1ccc(F)c(C(N)c2ccccc2)c1F. The maximum Gasteiger partial charge on any atom is 0.134 e. The molecule has 0 spiro atoms. The van der Waals surface area contributed by atoms with Gasteiger partial charge in [-0.1, -0.05) is 36.4 Å². The normalized spacial score (nSPS) is 12.5. The molecule has 0 heterocycles. The predicted octanol–water partition coefficient (Wildman–Crippen LogP) is 3.32. The van der Waals surface area contributed by atoms with E-state index in [0.29, 0.717) is 11.1 Å².